The van der Waals surface area contributed by atoms with Crippen LogP contribution < -0.4 is 10.6 Å². The molecule has 6 nitrogen and oxygen atoms in total. The van der Waals surface area contributed by atoms with Crippen LogP contribution in [-0.2, 0) is 9.59 Å². The molecule has 0 aliphatic carbocycles. The summed E-state index contributed by atoms with van der Waals surface area (Å²) in [6.07, 6.45) is -4.83. The second-order valence-electron chi connectivity index (χ2n) is 6.79. The number of rotatable bonds is 5. The van der Waals surface area contributed by atoms with Crippen LogP contribution in [0.5, 0.6) is 0 Å². The third kappa shape index (κ3) is 5.50. The van der Waals surface area contributed by atoms with Gasteiger partial charge in [0.25, 0.3) is 5.91 Å². The molecule has 158 valence electrons. The fourth-order valence-electron chi connectivity index (χ4n) is 3.05. The highest BCUT2D eigenvalue weighted by Crippen LogP contribution is 2.27. The second-order valence-corrected chi connectivity index (χ2v) is 7.22. The number of nitrogens with zero attached hydrogens (tertiary/aromatic N) is 1. The van der Waals surface area contributed by atoms with Gasteiger partial charge in [-0.05, 0) is 36.4 Å². The van der Waals surface area contributed by atoms with E-state index in [9.17, 15) is 27.6 Å². The normalized spacial score (nSPS) is 16.5. The monoisotopic (exact) mass is 439 g/mol. The number of benzene rings is 2. The minimum absolute atomic E-state index is 0.270. The Bertz CT molecular complexity index is 964. The van der Waals surface area contributed by atoms with Crippen LogP contribution >= 0.6 is 11.6 Å². The smallest absolute Gasteiger partial charge is 0.333 e. The van der Waals surface area contributed by atoms with E-state index in [1.165, 1.54) is 12.1 Å². The van der Waals surface area contributed by atoms with Crippen molar-refractivity contribution in [1.82, 2.24) is 4.90 Å². The van der Waals surface area contributed by atoms with E-state index in [4.69, 9.17) is 11.6 Å². The van der Waals surface area contributed by atoms with Crippen LogP contribution in [0.1, 0.15) is 16.8 Å². The Balaban J connectivity index is 1.67. The fourth-order valence-corrected chi connectivity index (χ4v) is 3.17. The van der Waals surface area contributed by atoms with E-state index in [0.29, 0.717) is 21.2 Å². The molecule has 3 rings (SSSR count). The van der Waals surface area contributed by atoms with E-state index in [0.717, 1.165) is 0 Å². The van der Waals surface area contributed by atoms with Crippen molar-refractivity contribution >= 4 is 40.7 Å². The minimum atomic E-state index is -4.53. The molecule has 1 atom stereocenters. The van der Waals surface area contributed by atoms with Gasteiger partial charge in [-0.1, -0.05) is 23.7 Å². The standard InChI is InChI=1S/C20H17ClF3N3O3/c21-14-7-5-12(6-8-14)18(29)25-15-3-1-2-4-16(15)26-19(30)13-9-17(28)27(10-13)11-20(22,23)24/h1-8,13H,9-11H2,(H,25,29)(H,26,30). The number of likely N-dealkylation sites (tertiary alicyclic amines) is 1. The lowest BCUT2D eigenvalue weighted by atomic mass is 10.1. The molecular formula is C20H17ClF3N3O3. The minimum Gasteiger partial charge on any atom is -0.333 e. The maximum absolute atomic E-state index is 12.6. The molecule has 1 fully saturated rings. The Morgan fingerprint density at radius 1 is 1.03 bits per heavy atom. The van der Waals surface area contributed by atoms with Crippen LogP contribution in [-0.4, -0.2) is 41.9 Å². The highest BCUT2D eigenvalue weighted by atomic mass is 35.5. The van der Waals surface area contributed by atoms with Gasteiger partial charge in [-0.3, -0.25) is 14.4 Å². The maximum Gasteiger partial charge on any atom is 0.406 e. The van der Waals surface area contributed by atoms with Crippen LogP contribution in [0.3, 0.4) is 0 Å². The average Bonchev–Trinajstić information content (AvgIpc) is 3.02. The first kappa shape index (κ1) is 21.6. The molecular weight excluding hydrogens is 423 g/mol. The van der Waals surface area contributed by atoms with E-state index in [-0.39, 0.29) is 18.7 Å². The molecule has 0 spiro atoms. The zero-order chi connectivity index (χ0) is 21.9. The van der Waals surface area contributed by atoms with Gasteiger partial charge in [-0.15, -0.1) is 0 Å². The summed E-state index contributed by atoms with van der Waals surface area (Å²) >= 11 is 5.81. The van der Waals surface area contributed by atoms with Crippen molar-refractivity contribution in [2.24, 2.45) is 5.92 Å². The molecule has 1 aliphatic rings. The van der Waals surface area contributed by atoms with Gasteiger partial charge < -0.3 is 15.5 Å². The largest absolute Gasteiger partial charge is 0.406 e. The third-order valence-corrected chi connectivity index (χ3v) is 4.75. The summed E-state index contributed by atoms with van der Waals surface area (Å²) in [5.74, 6) is -2.67. The number of para-hydroxylation sites is 2. The lowest BCUT2D eigenvalue weighted by molar-refractivity contribution is -0.157. The quantitative estimate of drug-likeness (QED) is 0.740. The number of halogens is 4. The second kappa shape index (κ2) is 8.74. The van der Waals surface area contributed by atoms with Gasteiger partial charge in [0.1, 0.15) is 6.54 Å². The van der Waals surface area contributed by atoms with Crippen molar-refractivity contribution in [1.29, 1.82) is 0 Å². The molecule has 1 saturated heterocycles. The van der Waals surface area contributed by atoms with Crippen molar-refractivity contribution in [2.45, 2.75) is 12.6 Å². The predicted molar refractivity (Wildman–Crippen MR) is 105 cm³/mol. The Morgan fingerprint density at radius 3 is 2.23 bits per heavy atom. The number of alkyl halides is 3. The lowest BCUT2D eigenvalue weighted by Gasteiger charge is -2.18. The summed E-state index contributed by atoms with van der Waals surface area (Å²) < 4.78 is 37.7. The first-order valence-electron chi connectivity index (χ1n) is 8.94. The van der Waals surface area contributed by atoms with Crippen LogP contribution in [0, 0.1) is 5.92 Å². The Kier molecular flexibility index (Phi) is 6.31. The van der Waals surface area contributed by atoms with E-state index in [2.05, 4.69) is 10.6 Å². The Morgan fingerprint density at radius 2 is 1.63 bits per heavy atom. The number of hydrogen-bond acceptors (Lipinski definition) is 3. The summed E-state index contributed by atoms with van der Waals surface area (Å²) in [7, 11) is 0. The van der Waals surface area contributed by atoms with Gasteiger partial charge in [-0.25, -0.2) is 0 Å². The van der Waals surface area contributed by atoms with Crippen LogP contribution in [0.2, 0.25) is 5.02 Å². The molecule has 1 heterocycles. The van der Waals surface area contributed by atoms with Gasteiger partial charge in [0.2, 0.25) is 11.8 Å². The van der Waals surface area contributed by atoms with Gasteiger partial charge in [0.05, 0.1) is 17.3 Å². The summed E-state index contributed by atoms with van der Waals surface area (Å²) in [5.41, 5.74) is 0.929. The zero-order valence-corrected chi connectivity index (χ0v) is 16.3. The van der Waals surface area contributed by atoms with Crippen LogP contribution in [0.15, 0.2) is 48.5 Å². The molecule has 3 amide bonds. The number of carbonyl (C=O) groups is 3. The van der Waals surface area contributed by atoms with Crippen molar-refractivity contribution in [3.05, 3.63) is 59.1 Å². The molecule has 0 radical (unpaired) electrons. The molecule has 0 aromatic heterocycles. The molecule has 0 saturated carbocycles. The van der Waals surface area contributed by atoms with E-state index >= 15 is 0 Å². The molecule has 10 heteroatoms. The van der Waals surface area contributed by atoms with Gasteiger partial charge in [0, 0.05) is 23.6 Å². The zero-order valence-electron chi connectivity index (χ0n) is 15.5. The maximum atomic E-state index is 12.6. The van der Waals surface area contributed by atoms with Crippen LogP contribution in [0.25, 0.3) is 0 Å². The van der Waals surface area contributed by atoms with Gasteiger partial charge in [-0.2, -0.15) is 13.2 Å². The van der Waals surface area contributed by atoms with Crippen LogP contribution in [0.4, 0.5) is 24.5 Å². The van der Waals surface area contributed by atoms with Crippen molar-refractivity contribution in [3.63, 3.8) is 0 Å². The number of anilines is 2. The number of nitrogens with one attached hydrogen (secondary N) is 2. The molecule has 2 aromatic carbocycles. The molecule has 0 bridgehead atoms. The predicted octanol–water partition coefficient (Wildman–Crippen LogP) is 3.94. The summed E-state index contributed by atoms with van der Waals surface area (Å²) in [5, 5.41) is 5.73. The van der Waals surface area contributed by atoms with E-state index in [1.54, 1.807) is 36.4 Å². The van der Waals surface area contributed by atoms with Crippen molar-refractivity contribution < 1.29 is 27.6 Å². The number of carbonyl (C=O) groups excluding carboxylic acids is 3. The Hall–Kier alpha value is -3.07. The summed E-state index contributed by atoms with van der Waals surface area (Å²) in [6.45, 7) is -1.70. The van der Waals surface area contributed by atoms with Gasteiger partial charge in [0.15, 0.2) is 0 Å². The fraction of sp³-hybridized carbons (Fsp3) is 0.250. The first-order valence-corrected chi connectivity index (χ1v) is 9.31. The number of amides is 3. The topological polar surface area (TPSA) is 78.5 Å². The van der Waals surface area contributed by atoms with E-state index in [1.807, 2.05) is 0 Å². The van der Waals surface area contributed by atoms with Crippen molar-refractivity contribution in [2.75, 3.05) is 23.7 Å². The summed E-state index contributed by atoms with van der Waals surface area (Å²) in [4.78, 5) is 37.3. The third-order valence-electron chi connectivity index (χ3n) is 4.49. The van der Waals surface area contributed by atoms with Crippen molar-refractivity contribution in [3.8, 4) is 0 Å². The molecule has 1 unspecified atom stereocenters. The average molecular weight is 440 g/mol. The highest BCUT2D eigenvalue weighted by molar-refractivity contribution is 6.30. The first-order chi connectivity index (χ1) is 14.1. The summed E-state index contributed by atoms with van der Waals surface area (Å²) in [6, 6.07) is 12.6. The Labute approximate surface area is 175 Å². The SMILES string of the molecule is O=C(Nc1ccccc1NC(=O)C1CC(=O)N(CC(F)(F)F)C1)c1ccc(Cl)cc1. The molecule has 2 aromatic rings. The molecule has 30 heavy (non-hydrogen) atoms. The lowest BCUT2D eigenvalue weighted by Crippen LogP contribution is -2.36. The van der Waals surface area contributed by atoms with E-state index < -0.39 is 36.4 Å². The molecule has 1 aliphatic heterocycles. The number of hydrogen-bond donors (Lipinski definition) is 2. The molecule has 2 N–H and O–H groups in total. The highest BCUT2D eigenvalue weighted by Gasteiger charge is 2.40. The van der Waals surface area contributed by atoms with Gasteiger partial charge >= 0.3 is 6.18 Å².